The Morgan fingerprint density at radius 2 is 1.71 bits per heavy atom. The number of fused-ring (bicyclic) bond motifs is 1. The monoisotopic (exact) mass is 491 g/mol. The lowest BCUT2D eigenvalue weighted by Crippen LogP contribution is -2.07. The quantitative estimate of drug-likeness (QED) is 0.208. The maximum absolute atomic E-state index is 13.8. The number of nitrogens with zero attached hydrogens (tertiary/aromatic N) is 3. The Bertz CT molecular complexity index is 1420. The lowest BCUT2D eigenvalue weighted by atomic mass is 10.1. The standard InChI is InChI=1S/C24H15F6N3S/c1-31-18-8-9-19-17(21(18)24(28,29)30)10-20(13-2-3-13)33(19)11-16-12-34-22(32-16)14-4-6-15(7-5-14)23(25,26)27/h4-10,12-13H,2-3,11H2. The van der Waals surface area contributed by atoms with Gasteiger partial charge in [-0.2, -0.15) is 26.3 Å². The number of rotatable bonds is 4. The molecule has 0 N–H and O–H groups in total. The van der Waals surface area contributed by atoms with Crippen LogP contribution in [-0.4, -0.2) is 9.55 Å². The second kappa shape index (κ2) is 7.87. The van der Waals surface area contributed by atoms with Crippen LogP contribution in [0.2, 0.25) is 0 Å². The normalized spacial score (nSPS) is 14.5. The van der Waals surface area contributed by atoms with Crippen molar-refractivity contribution in [2.24, 2.45) is 0 Å². The molecule has 0 spiro atoms. The summed E-state index contributed by atoms with van der Waals surface area (Å²) in [5, 5.41) is 2.29. The molecule has 0 amide bonds. The molecule has 1 aliphatic carbocycles. The van der Waals surface area contributed by atoms with E-state index < -0.39 is 29.2 Å². The van der Waals surface area contributed by atoms with Gasteiger partial charge in [-0.05, 0) is 43.0 Å². The first kappa shape index (κ1) is 22.5. The van der Waals surface area contributed by atoms with Crippen molar-refractivity contribution >= 4 is 27.9 Å². The molecule has 0 bridgehead atoms. The van der Waals surface area contributed by atoms with Crippen LogP contribution < -0.4 is 0 Å². The summed E-state index contributed by atoms with van der Waals surface area (Å²) < 4.78 is 81.7. The summed E-state index contributed by atoms with van der Waals surface area (Å²) in [6, 6.07) is 8.96. The van der Waals surface area contributed by atoms with Gasteiger partial charge in [-0.25, -0.2) is 9.83 Å². The van der Waals surface area contributed by atoms with Gasteiger partial charge in [0.05, 0.1) is 29.9 Å². The van der Waals surface area contributed by atoms with Gasteiger partial charge in [0.25, 0.3) is 0 Å². The highest BCUT2D eigenvalue weighted by molar-refractivity contribution is 7.13. The summed E-state index contributed by atoms with van der Waals surface area (Å²) in [6.45, 7) is 7.38. The molecule has 4 aromatic rings. The van der Waals surface area contributed by atoms with E-state index in [1.807, 2.05) is 4.57 Å². The molecule has 34 heavy (non-hydrogen) atoms. The zero-order chi connectivity index (χ0) is 24.3. The molecule has 5 rings (SSSR count). The number of thiazole rings is 1. The van der Waals surface area contributed by atoms with E-state index in [2.05, 4.69) is 9.83 Å². The Kier molecular flexibility index (Phi) is 5.20. The second-order valence-electron chi connectivity index (χ2n) is 8.15. The second-order valence-corrected chi connectivity index (χ2v) is 9.01. The van der Waals surface area contributed by atoms with Crippen molar-refractivity contribution in [1.29, 1.82) is 0 Å². The summed E-state index contributed by atoms with van der Waals surface area (Å²) in [5.74, 6) is 0.151. The molecular formula is C24H15F6N3S. The van der Waals surface area contributed by atoms with Gasteiger partial charge in [0.1, 0.15) is 5.01 Å². The highest BCUT2D eigenvalue weighted by Crippen LogP contribution is 2.47. The Labute approximate surface area is 194 Å². The third-order valence-corrected chi connectivity index (χ3v) is 6.77. The first-order chi connectivity index (χ1) is 16.1. The van der Waals surface area contributed by atoms with Gasteiger partial charge in [-0.1, -0.05) is 18.2 Å². The topological polar surface area (TPSA) is 22.2 Å². The minimum absolute atomic E-state index is 0.00101. The number of benzene rings is 2. The Morgan fingerprint density at radius 3 is 2.29 bits per heavy atom. The molecule has 0 saturated heterocycles. The number of hydrogen-bond donors (Lipinski definition) is 0. The molecule has 0 unspecified atom stereocenters. The summed E-state index contributed by atoms with van der Waals surface area (Å²) in [7, 11) is 0. The lowest BCUT2D eigenvalue weighted by Gasteiger charge is -2.12. The summed E-state index contributed by atoms with van der Waals surface area (Å²) >= 11 is 1.26. The predicted molar refractivity (Wildman–Crippen MR) is 117 cm³/mol. The number of aromatic nitrogens is 2. The highest BCUT2D eigenvalue weighted by atomic mass is 32.1. The summed E-state index contributed by atoms with van der Waals surface area (Å²) in [5.41, 5.74) is 0.173. The largest absolute Gasteiger partial charge is 0.416 e. The zero-order valence-corrected chi connectivity index (χ0v) is 18.2. The molecule has 0 aliphatic heterocycles. The fraction of sp³-hybridized carbons (Fsp3) is 0.250. The van der Waals surface area contributed by atoms with Crippen LogP contribution in [0.5, 0.6) is 0 Å². The van der Waals surface area contributed by atoms with Gasteiger partial charge in [0, 0.05) is 27.5 Å². The van der Waals surface area contributed by atoms with Crippen molar-refractivity contribution in [2.75, 3.05) is 0 Å². The van der Waals surface area contributed by atoms with E-state index in [0.717, 1.165) is 30.7 Å². The molecular weight excluding hydrogens is 476 g/mol. The maximum Gasteiger partial charge on any atom is 0.416 e. The predicted octanol–water partition coefficient (Wildman–Crippen LogP) is 8.28. The Hall–Kier alpha value is -3.32. The van der Waals surface area contributed by atoms with E-state index in [1.165, 1.54) is 41.7 Å². The molecule has 0 radical (unpaired) electrons. The van der Waals surface area contributed by atoms with E-state index >= 15 is 0 Å². The van der Waals surface area contributed by atoms with Crippen LogP contribution in [0.1, 0.15) is 41.3 Å². The molecule has 1 saturated carbocycles. The minimum atomic E-state index is -4.66. The summed E-state index contributed by atoms with van der Waals surface area (Å²) in [6.07, 6.45) is -7.34. The van der Waals surface area contributed by atoms with Crippen LogP contribution in [0.4, 0.5) is 32.0 Å². The van der Waals surface area contributed by atoms with E-state index in [0.29, 0.717) is 21.8 Å². The Morgan fingerprint density at radius 1 is 1.00 bits per heavy atom. The third-order valence-electron chi connectivity index (χ3n) is 5.83. The van der Waals surface area contributed by atoms with Crippen molar-refractivity contribution in [2.45, 2.75) is 37.7 Å². The van der Waals surface area contributed by atoms with Crippen LogP contribution in [0, 0.1) is 6.57 Å². The molecule has 1 aliphatic rings. The molecule has 0 atom stereocenters. The van der Waals surface area contributed by atoms with Gasteiger partial charge in [0.2, 0.25) is 0 Å². The van der Waals surface area contributed by atoms with E-state index in [4.69, 9.17) is 6.57 Å². The zero-order valence-electron chi connectivity index (χ0n) is 17.3. The fourth-order valence-corrected chi connectivity index (χ4v) is 4.92. The first-order valence-electron chi connectivity index (χ1n) is 10.3. The Balaban J connectivity index is 1.53. The third kappa shape index (κ3) is 4.05. The average Bonchev–Trinajstić information content (AvgIpc) is 3.41. The maximum atomic E-state index is 13.8. The van der Waals surface area contributed by atoms with E-state index in [1.54, 1.807) is 5.38 Å². The van der Waals surface area contributed by atoms with Crippen LogP contribution in [0.3, 0.4) is 0 Å². The van der Waals surface area contributed by atoms with Gasteiger partial charge in [-0.15, -0.1) is 11.3 Å². The molecule has 10 heteroatoms. The van der Waals surface area contributed by atoms with Gasteiger partial charge in [0.15, 0.2) is 5.69 Å². The SMILES string of the molecule is [C-]#[N+]c1ccc2c(cc(C3CC3)n2Cc2csc(-c3ccc(C(F)(F)F)cc3)n2)c1C(F)(F)F. The first-order valence-corrected chi connectivity index (χ1v) is 11.2. The van der Waals surface area contributed by atoms with Crippen molar-refractivity contribution < 1.29 is 26.3 Å². The van der Waals surface area contributed by atoms with Crippen LogP contribution in [0.15, 0.2) is 47.8 Å². The molecule has 174 valence electrons. The highest BCUT2D eigenvalue weighted by Gasteiger charge is 2.38. The van der Waals surface area contributed by atoms with Gasteiger partial charge < -0.3 is 4.57 Å². The van der Waals surface area contributed by atoms with Crippen molar-refractivity contribution in [3.8, 4) is 10.6 Å². The molecule has 1 fully saturated rings. The number of halogens is 6. The lowest BCUT2D eigenvalue weighted by molar-refractivity contribution is -0.137. The average molecular weight is 491 g/mol. The fourth-order valence-electron chi connectivity index (χ4n) is 4.10. The number of hydrogen-bond acceptors (Lipinski definition) is 2. The van der Waals surface area contributed by atoms with Gasteiger partial charge >= 0.3 is 12.4 Å². The minimum Gasteiger partial charge on any atom is -0.338 e. The van der Waals surface area contributed by atoms with Crippen molar-refractivity contribution in [1.82, 2.24) is 9.55 Å². The molecule has 2 aromatic carbocycles. The number of alkyl halides is 6. The van der Waals surface area contributed by atoms with Crippen LogP contribution >= 0.6 is 11.3 Å². The summed E-state index contributed by atoms with van der Waals surface area (Å²) in [4.78, 5) is 7.59. The van der Waals surface area contributed by atoms with Gasteiger partial charge in [-0.3, -0.25) is 0 Å². The van der Waals surface area contributed by atoms with Crippen molar-refractivity contribution in [3.05, 3.63) is 81.8 Å². The molecule has 2 aromatic heterocycles. The molecule has 3 nitrogen and oxygen atoms in total. The molecule has 2 heterocycles. The van der Waals surface area contributed by atoms with Crippen LogP contribution in [-0.2, 0) is 18.9 Å². The van der Waals surface area contributed by atoms with Crippen molar-refractivity contribution in [3.63, 3.8) is 0 Å². The smallest absolute Gasteiger partial charge is 0.338 e. The van der Waals surface area contributed by atoms with E-state index in [-0.39, 0.29) is 17.8 Å². The van der Waals surface area contributed by atoms with E-state index in [9.17, 15) is 26.3 Å². The van der Waals surface area contributed by atoms with Crippen LogP contribution in [0.25, 0.3) is 26.3 Å².